The molecular weight excluding hydrogens is 340 g/mol. The highest BCUT2D eigenvalue weighted by Gasteiger charge is 2.51. The number of halogens is 1. The van der Waals surface area contributed by atoms with Crippen LogP contribution in [0.3, 0.4) is 0 Å². The summed E-state index contributed by atoms with van der Waals surface area (Å²) in [6, 6.07) is 7.09. The fraction of sp³-hybridized carbons (Fsp3) is 0.389. The minimum Gasteiger partial charge on any atom is -0.351 e. The lowest BCUT2D eigenvalue weighted by Gasteiger charge is -2.21. The number of carbonyl (C=O) groups excluding carboxylic acids is 2. The maximum atomic E-state index is 12.7. The predicted octanol–water partition coefficient (Wildman–Crippen LogP) is 2.24. The molecule has 1 N–H and O–H groups in total. The minimum atomic E-state index is -0.360. The molecule has 6 nitrogen and oxygen atoms in total. The second-order valence-corrected chi connectivity index (χ2v) is 7.25. The molecule has 4 rings (SSSR count). The fourth-order valence-corrected chi connectivity index (χ4v) is 3.62. The zero-order valence-corrected chi connectivity index (χ0v) is 14.4. The molecule has 2 aromatic rings. The summed E-state index contributed by atoms with van der Waals surface area (Å²) in [5.74, 6) is 0.0119. The number of imidazole rings is 1. The predicted molar refractivity (Wildman–Crippen MR) is 94.2 cm³/mol. The Labute approximate surface area is 150 Å². The average molecular weight is 359 g/mol. The number of nitrogens with one attached hydrogen (secondary N) is 1. The molecule has 1 aromatic heterocycles. The smallest absolute Gasteiger partial charge is 0.229 e. The van der Waals surface area contributed by atoms with Gasteiger partial charge in [0.2, 0.25) is 11.8 Å². The van der Waals surface area contributed by atoms with E-state index in [1.807, 2.05) is 29.0 Å². The molecular formula is C18H19ClN4O2. The van der Waals surface area contributed by atoms with Crippen molar-refractivity contribution in [2.24, 2.45) is 5.41 Å². The number of carbonyl (C=O) groups is 2. The summed E-state index contributed by atoms with van der Waals surface area (Å²) in [4.78, 5) is 30.8. The molecule has 2 aliphatic rings. The number of nitrogens with zero attached hydrogens (tertiary/aromatic N) is 3. The highest BCUT2D eigenvalue weighted by molar-refractivity contribution is 6.33. The first-order chi connectivity index (χ1) is 12.1. The van der Waals surface area contributed by atoms with E-state index in [9.17, 15) is 9.59 Å². The lowest BCUT2D eigenvalue weighted by atomic mass is 10.1. The van der Waals surface area contributed by atoms with Gasteiger partial charge >= 0.3 is 0 Å². The number of para-hydroxylation sites is 1. The number of hydrogen-bond donors (Lipinski definition) is 1. The summed E-state index contributed by atoms with van der Waals surface area (Å²) < 4.78 is 1.93. The van der Waals surface area contributed by atoms with E-state index in [1.165, 1.54) is 0 Å². The molecule has 1 atom stereocenters. The van der Waals surface area contributed by atoms with Gasteiger partial charge in [-0.25, -0.2) is 4.98 Å². The van der Waals surface area contributed by atoms with Crippen molar-refractivity contribution in [2.75, 3.05) is 11.4 Å². The van der Waals surface area contributed by atoms with Crippen LogP contribution in [0.15, 0.2) is 43.0 Å². The van der Waals surface area contributed by atoms with Crippen molar-refractivity contribution in [1.29, 1.82) is 0 Å². The summed E-state index contributed by atoms with van der Waals surface area (Å²) in [5.41, 5.74) is 0.340. The van der Waals surface area contributed by atoms with Crippen LogP contribution >= 0.6 is 11.6 Å². The van der Waals surface area contributed by atoms with Crippen LogP contribution in [-0.2, 0) is 16.1 Å². The van der Waals surface area contributed by atoms with Crippen LogP contribution in [0.2, 0.25) is 5.02 Å². The second kappa shape index (κ2) is 6.19. The van der Waals surface area contributed by atoms with Crippen molar-refractivity contribution in [3.8, 4) is 0 Å². The van der Waals surface area contributed by atoms with Crippen LogP contribution in [-0.4, -0.2) is 34.0 Å². The van der Waals surface area contributed by atoms with E-state index in [4.69, 9.17) is 11.6 Å². The summed E-state index contributed by atoms with van der Waals surface area (Å²) in [6.07, 6.45) is 7.35. The molecule has 1 aliphatic carbocycles. The Morgan fingerprint density at radius 3 is 2.84 bits per heavy atom. The van der Waals surface area contributed by atoms with Gasteiger partial charge in [-0.15, -0.1) is 0 Å². The number of anilines is 1. The van der Waals surface area contributed by atoms with Crippen molar-refractivity contribution < 1.29 is 9.59 Å². The van der Waals surface area contributed by atoms with Gasteiger partial charge in [-0.3, -0.25) is 9.59 Å². The Kier molecular flexibility index (Phi) is 4.00. The Morgan fingerprint density at radius 1 is 1.36 bits per heavy atom. The van der Waals surface area contributed by atoms with Gasteiger partial charge in [0.25, 0.3) is 0 Å². The third kappa shape index (κ3) is 3.14. The molecule has 1 aromatic carbocycles. The van der Waals surface area contributed by atoms with Gasteiger partial charge in [0.1, 0.15) is 0 Å². The molecule has 7 heteroatoms. The van der Waals surface area contributed by atoms with Gasteiger partial charge in [-0.2, -0.15) is 0 Å². The molecule has 1 unspecified atom stereocenters. The normalized spacial score (nSPS) is 21.4. The van der Waals surface area contributed by atoms with E-state index in [0.29, 0.717) is 30.2 Å². The van der Waals surface area contributed by atoms with Crippen molar-refractivity contribution in [3.63, 3.8) is 0 Å². The fourth-order valence-electron chi connectivity index (χ4n) is 3.38. The molecule has 1 aliphatic heterocycles. The largest absolute Gasteiger partial charge is 0.351 e. The zero-order valence-electron chi connectivity index (χ0n) is 13.7. The SMILES string of the molecule is O=C1CC(NC(=O)C2(Cn3ccnc3)CC2)CN1c1ccccc1Cl. The van der Waals surface area contributed by atoms with Gasteiger partial charge in [0.05, 0.1) is 28.5 Å². The van der Waals surface area contributed by atoms with Gasteiger partial charge in [0, 0.05) is 31.9 Å². The third-order valence-corrected chi connectivity index (χ3v) is 5.30. The average Bonchev–Trinajstić information content (AvgIpc) is 3.02. The van der Waals surface area contributed by atoms with Crippen molar-refractivity contribution >= 4 is 29.1 Å². The van der Waals surface area contributed by atoms with E-state index >= 15 is 0 Å². The number of rotatable bonds is 5. The molecule has 0 spiro atoms. The summed E-state index contributed by atoms with van der Waals surface area (Å²) in [5, 5.41) is 3.61. The van der Waals surface area contributed by atoms with E-state index in [2.05, 4.69) is 10.3 Å². The monoisotopic (exact) mass is 358 g/mol. The summed E-state index contributed by atoms with van der Waals surface area (Å²) >= 11 is 6.20. The first kappa shape index (κ1) is 16.1. The lowest BCUT2D eigenvalue weighted by Crippen LogP contribution is -2.42. The quantitative estimate of drug-likeness (QED) is 0.891. The molecule has 1 saturated heterocycles. The van der Waals surface area contributed by atoms with E-state index in [1.54, 1.807) is 23.5 Å². The summed E-state index contributed by atoms with van der Waals surface area (Å²) in [7, 11) is 0. The standard InChI is InChI=1S/C18H19ClN4O2/c19-14-3-1-2-4-15(14)23-10-13(9-16(23)24)21-17(25)18(5-6-18)11-22-8-7-20-12-22/h1-4,7-8,12-13H,5-6,9-11H2,(H,21,25). The number of aromatic nitrogens is 2. The molecule has 2 amide bonds. The molecule has 25 heavy (non-hydrogen) atoms. The topological polar surface area (TPSA) is 67.2 Å². The van der Waals surface area contributed by atoms with Gasteiger partial charge < -0.3 is 14.8 Å². The molecule has 2 fully saturated rings. The summed E-state index contributed by atoms with van der Waals surface area (Å²) in [6.45, 7) is 1.09. The Balaban J connectivity index is 1.41. The maximum Gasteiger partial charge on any atom is 0.229 e. The number of hydrogen-bond acceptors (Lipinski definition) is 3. The number of benzene rings is 1. The van der Waals surface area contributed by atoms with Crippen LogP contribution in [0.5, 0.6) is 0 Å². The van der Waals surface area contributed by atoms with Crippen molar-refractivity contribution in [3.05, 3.63) is 48.0 Å². The van der Waals surface area contributed by atoms with Crippen molar-refractivity contribution in [1.82, 2.24) is 14.9 Å². The minimum absolute atomic E-state index is 0.0159. The first-order valence-corrected chi connectivity index (χ1v) is 8.77. The van der Waals surface area contributed by atoms with Crippen LogP contribution in [0.4, 0.5) is 5.69 Å². The highest BCUT2D eigenvalue weighted by atomic mass is 35.5. The lowest BCUT2D eigenvalue weighted by molar-refractivity contribution is -0.127. The Morgan fingerprint density at radius 2 is 2.16 bits per heavy atom. The highest BCUT2D eigenvalue weighted by Crippen LogP contribution is 2.47. The van der Waals surface area contributed by atoms with Crippen LogP contribution < -0.4 is 10.2 Å². The zero-order chi connectivity index (χ0) is 17.4. The van der Waals surface area contributed by atoms with E-state index in [0.717, 1.165) is 12.8 Å². The molecule has 130 valence electrons. The maximum absolute atomic E-state index is 12.7. The first-order valence-electron chi connectivity index (χ1n) is 8.39. The van der Waals surface area contributed by atoms with Gasteiger partial charge in [-0.1, -0.05) is 23.7 Å². The Bertz CT molecular complexity index is 801. The van der Waals surface area contributed by atoms with Crippen LogP contribution in [0.1, 0.15) is 19.3 Å². The second-order valence-electron chi connectivity index (χ2n) is 6.85. The molecule has 0 bridgehead atoms. The number of amides is 2. The molecule has 0 radical (unpaired) electrons. The van der Waals surface area contributed by atoms with E-state index in [-0.39, 0.29) is 23.3 Å². The molecule has 2 heterocycles. The van der Waals surface area contributed by atoms with Gasteiger partial charge in [0.15, 0.2) is 0 Å². The van der Waals surface area contributed by atoms with Crippen LogP contribution in [0.25, 0.3) is 0 Å². The molecule has 1 saturated carbocycles. The van der Waals surface area contributed by atoms with Crippen LogP contribution in [0, 0.1) is 5.41 Å². The van der Waals surface area contributed by atoms with Crippen molar-refractivity contribution in [2.45, 2.75) is 31.8 Å². The van der Waals surface area contributed by atoms with Gasteiger partial charge in [-0.05, 0) is 25.0 Å². The third-order valence-electron chi connectivity index (χ3n) is 4.98. The Hall–Kier alpha value is -2.34. The van der Waals surface area contributed by atoms with E-state index < -0.39 is 0 Å².